The molecule has 0 amide bonds. The number of nitrogens with one attached hydrogen (secondary N) is 1. The maximum Gasteiger partial charge on any atom is 0.332 e. The molecule has 1 atom stereocenters. The Hall–Kier alpha value is -3.33. The van der Waals surface area contributed by atoms with E-state index in [-0.39, 0.29) is 17.4 Å². The van der Waals surface area contributed by atoms with Gasteiger partial charge in [-0.2, -0.15) is 0 Å². The van der Waals surface area contributed by atoms with Crippen LogP contribution in [-0.4, -0.2) is 45.5 Å². The summed E-state index contributed by atoms with van der Waals surface area (Å²) in [6, 6.07) is 5.64. The average Bonchev–Trinajstić information content (AvgIpc) is 3.43. The zero-order chi connectivity index (χ0) is 22.0. The molecule has 0 saturated carbocycles. The van der Waals surface area contributed by atoms with Crippen molar-refractivity contribution in [2.75, 3.05) is 20.3 Å². The Labute approximate surface area is 178 Å². The second-order valence-corrected chi connectivity index (χ2v) is 7.24. The summed E-state index contributed by atoms with van der Waals surface area (Å²) in [5, 5.41) is 0. The molecule has 31 heavy (non-hydrogen) atoms. The fraction of sp³-hybridized carbons (Fsp3) is 0.409. The van der Waals surface area contributed by atoms with Crippen molar-refractivity contribution in [1.82, 2.24) is 19.1 Å². The largest absolute Gasteiger partial charge is 0.493 e. The number of hydrogen-bond acceptors (Lipinski definition) is 6. The fourth-order valence-corrected chi connectivity index (χ4v) is 3.68. The van der Waals surface area contributed by atoms with Gasteiger partial charge in [-0.1, -0.05) is 12.1 Å². The Balaban J connectivity index is 1.67. The van der Waals surface area contributed by atoms with Crippen LogP contribution in [0.4, 0.5) is 0 Å². The number of nitrogens with zero attached hydrogens (tertiary/aromatic N) is 3. The molecule has 3 aromatic rings. The van der Waals surface area contributed by atoms with Crippen LogP contribution in [0.15, 0.2) is 27.8 Å². The molecule has 1 aliphatic heterocycles. The number of aromatic amines is 1. The third kappa shape index (κ3) is 4.00. The highest BCUT2D eigenvalue weighted by atomic mass is 16.6. The number of aryl methyl sites for hydroxylation is 1. The summed E-state index contributed by atoms with van der Waals surface area (Å²) < 4.78 is 19.5. The highest BCUT2D eigenvalue weighted by molar-refractivity contribution is 5.76. The van der Waals surface area contributed by atoms with Gasteiger partial charge >= 0.3 is 5.69 Å². The van der Waals surface area contributed by atoms with E-state index in [0.29, 0.717) is 54.8 Å². The molecular formula is C22H26N4O5. The Morgan fingerprint density at radius 1 is 1.19 bits per heavy atom. The van der Waals surface area contributed by atoms with Crippen molar-refractivity contribution in [3.63, 3.8) is 0 Å². The van der Waals surface area contributed by atoms with E-state index >= 15 is 0 Å². The number of H-pyrrole nitrogens is 1. The Morgan fingerprint density at radius 3 is 2.68 bits per heavy atom. The van der Waals surface area contributed by atoms with E-state index in [0.717, 1.165) is 12.0 Å². The minimum atomic E-state index is -0.363. The fourth-order valence-electron chi connectivity index (χ4n) is 3.68. The van der Waals surface area contributed by atoms with Crippen molar-refractivity contribution < 1.29 is 14.2 Å². The van der Waals surface area contributed by atoms with Gasteiger partial charge in [0.2, 0.25) is 0 Å². The molecular weight excluding hydrogens is 400 g/mol. The molecule has 2 aromatic heterocycles. The van der Waals surface area contributed by atoms with E-state index in [9.17, 15) is 9.59 Å². The first kappa shape index (κ1) is 20.9. The standard InChI is InChI=1S/C22H26N4O5/c1-4-25-20-19(21(27)26(5-2)22(25)28)23-18(24-20)9-7-14-6-8-16(29-3)17(12-14)31-15-10-11-30-13-15/h6-9,12,15H,4-5,10-11,13H2,1-3H3,(H,23,24)/b9-7+/t15-/m1/s1. The van der Waals surface area contributed by atoms with Gasteiger partial charge in [0, 0.05) is 19.5 Å². The van der Waals surface area contributed by atoms with Crippen molar-refractivity contribution in [3.05, 3.63) is 50.4 Å². The first-order valence-corrected chi connectivity index (χ1v) is 10.4. The molecule has 1 aromatic carbocycles. The summed E-state index contributed by atoms with van der Waals surface area (Å²) in [6.07, 6.45) is 4.48. The van der Waals surface area contributed by atoms with Gasteiger partial charge in [0.25, 0.3) is 5.56 Å². The van der Waals surface area contributed by atoms with Crippen LogP contribution in [0.25, 0.3) is 23.3 Å². The summed E-state index contributed by atoms with van der Waals surface area (Å²) in [5.41, 5.74) is 0.856. The molecule has 3 heterocycles. The van der Waals surface area contributed by atoms with Crippen molar-refractivity contribution in [2.24, 2.45) is 0 Å². The number of methoxy groups -OCH3 is 1. The second kappa shape index (κ2) is 8.81. The molecule has 4 rings (SSSR count). The third-order valence-electron chi connectivity index (χ3n) is 5.31. The van der Waals surface area contributed by atoms with E-state index in [4.69, 9.17) is 14.2 Å². The second-order valence-electron chi connectivity index (χ2n) is 7.24. The maximum atomic E-state index is 12.6. The van der Waals surface area contributed by atoms with Gasteiger partial charge < -0.3 is 19.2 Å². The first-order chi connectivity index (χ1) is 15.0. The van der Waals surface area contributed by atoms with Crippen LogP contribution in [0.2, 0.25) is 0 Å². The van der Waals surface area contributed by atoms with Crippen LogP contribution in [0.5, 0.6) is 11.5 Å². The summed E-state index contributed by atoms with van der Waals surface area (Å²) in [5.74, 6) is 1.79. The van der Waals surface area contributed by atoms with Gasteiger partial charge in [0.1, 0.15) is 17.4 Å². The summed E-state index contributed by atoms with van der Waals surface area (Å²) in [6.45, 7) is 5.61. The number of benzene rings is 1. The first-order valence-electron chi connectivity index (χ1n) is 10.4. The molecule has 9 heteroatoms. The molecule has 9 nitrogen and oxygen atoms in total. The lowest BCUT2D eigenvalue weighted by atomic mass is 10.2. The minimum absolute atomic E-state index is 0.00927. The monoisotopic (exact) mass is 426 g/mol. The Kier molecular flexibility index (Phi) is 5.94. The Morgan fingerprint density at radius 2 is 2.00 bits per heavy atom. The van der Waals surface area contributed by atoms with Crippen LogP contribution < -0.4 is 20.7 Å². The van der Waals surface area contributed by atoms with E-state index in [1.807, 2.05) is 31.2 Å². The number of ether oxygens (including phenoxy) is 3. The van der Waals surface area contributed by atoms with E-state index < -0.39 is 0 Å². The van der Waals surface area contributed by atoms with Gasteiger partial charge in [-0.3, -0.25) is 13.9 Å². The predicted octanol–water partition coefficient (Wildman–Crippen LogP) is 2.27. The lowest BCUT2D eigenvalue weighted by molar-refractivity contribution is 0.138. The zero-order valence-electron chi connectivity index (χ0n) is 17.9. The highest BCUT2D eigenvalue weighted by Crippen LogP contribution is 2.30. The SMILES string of the molecule is CCn1c(=O)c2[nH]c(/C=C/c3ccc(OC)c(O[C@@H]4CCOC4)c3)nc2n(CC)c1=O. The van der Waals surface area contributed by atoms with Crippen LogP contribution >= 0.6 is 0 Å². The van der Waals surface area contributed by atoms with Gasteiger partial charge in [-0.15, -0.1) is 0 Å². The van der Waals surface area contributed by atoms with Gasteiger partial charge in [0.15, 0.2) is 17.1 Å². The molecule has 0 unspecified atom stereocenters. The number of fused-ring (bicyclic) bond motifs is 1. The summed E-state index contributed by atoms with van der Waals surface area (Å²) in [7, 11) is 1.60. The smallest absolute Gasteiger partial charge is 0.332 e. The molecule has 1 N–H and O–H groups in total. The van der Waals surface area contributed by atoms with Crippen molar-refractivity contribution in [1.29, 1.82) is 0 Å². The number of aromatic nitrogens is 4. The predicted molar refractivity (Wildman–Crippen MR) is 118 cm³/mol. The lowest BCUT2D eigenvalue weighted by Crippen LogP contribution is -2.39. The summed E-state index contributed by atoms with van der Waals surface area (Å²) in [4.78, 5) is 32.7. The van der Waals surface area contributed by atoms with E-state index in [1.165, 1.54) is 9.13 Å². The van der Waals surface area contributed by atoms with Crippen molar-refractivity contribution >= 4 is 23.3 Å². The molecule has 1 saturated heterocycles. The molecule has 0 aliphatic carbocycles. The summed E-state index contributed by atoms with van der Waals surface area (Å²) >= 11 is 0. The number of imidazole rings is 1. The quantitative estimate of drug-likeness (QED) is 0.622. The molecule has 164 valence electrons. The average molecular weight is 426 g/mol. The minimum Gasteiger partial charge on any atom is -0.493 e. The van der Waals surface area contributed by atoms with Crippen LogP contribution in [0, 0.1) is 0 Å². The highest BCUT2D eigenvalue weighted by Gasteiger charge is 2.19. The van der Waals surface area contributed by atoms with Gasteiger partial charge in [-0.05, 0) is 37.6 Å². The van der Waals surface area contributed by atoms with E-state index in [1.54, 1.807) is 20.1 Å². The molecule has 1 fully saturated rings. The molecule has 0 bridgehead atoms. The molecule has 0 spiro atoms. The van der Waals surface area contributed by atoms with Crippen molar-refractivity contribution in [2.45, 2.75) is 39.5 Å². The Bertz CT molecular complexity index is 1230. The van der Waals surface area contributed by atoms with Crippen LogP contribution in [0.3, 0.4) is 0 Å². The number of hydrogen-bond donors (Lipinski definition) is 1. The maximum absolute atomic E-state index is 12.6. The zero-order valence-corrected chi connectivity index (χ0v) is 17.9. The van der Waals surface area contributed by atoms with Gasteiger partial charge in [0.05, 0.1) is 20.3 Å². The van der Waals surface area contributed by atoms with Crippen LogP contribution in [-0.2, 0) is 17.8 Å². The third-order valence-corrected chi connectivity index (χ3v) is 5.31. The van der Waals surface area contributed by atoms with Crippen LogP contribution in [0.1, 0.15) is 31.7 Å². The number of rotatable bonds is 7. The lowest BCUT2D eigenvalue weighted by Gasteiger charge is -2.15. The van der Waals surface area contributed by atoms with E-state index in [2.05, 4.69) is 9.97 Å². The molecule has 0 radical (unpaired) electrons. The van der Waals surface area contributed by atoms with Crippen molar-refractivity contribution in [3.8, 4) is 11.5 Å². The topological polar surface area (TPSA) is 100 Å². The molecule has 1 aliphatic rings. The normalized spacial score (nSPS) is 16.4. The van der Waals surface area contributed by atoms with Gasteiger partial charge in [-0.25, -0.2) is 9.78 Å².